The molecule has 0 saturated carbocycles. The Balaban J connectivity index is 1.64. The van der Waals surface area contributed by atoms with Crippen molar-refractivity contribution >= 4 is 22.4 Å². The predicted octanol–water partition coefficient (Wildman–Crippen LogP) is 4.87. The summed E-state index contributed by atoms with van der Waals surface area (Å²) < 4.78 is 7.29. The van der Waals surface area contributed by atoms with Crippen LogP contribution in [0.2, 0.25) is 0 Å². The molecule has 1 N–H and O–H groups in total. The maximum absolute atomic E-state index is 5.48. The van der Waals surface area contributed by atoms with Crippen LogP contribution >= 0.6 is 0 Å². The number of para-hydroxylation sites is 2. The summed E-state index contributed by atoms with van der Waals surface area (Å²) in [6, 6.07) is 24.3. The van der Waals surface area contributed by atoms with Crippen molar-refractivity contribution in [2.24, 2.45) is 0 Å². The summed E-state index contributed by atoms with van der Waals surface area (Å²) in [5.41, 5.74) is 5.69. The molecule has 0 atom stereocenters. The number of rotatable bonds is 5. The molecule has 0 unspecified atom stereocenters. The van der Waals surface area contributed by atoms with Crippen LogP contribution in [0.15, 0.2) is 72.8 Å². The van der Waals surface area contributed by atoms with Crippen LogP contribution in [0, 0.1) is 6.92 Å². The van der Waals surface area contributed by atoms with Crippen molar-refractivity contribution in [1.29, 1.82) is 0 Å². The molecule has 0 aliphatic rings. The smallest absolute Gasteiger partial charge is 0.186 e. The van der Waals surface area contributed by atoms with Gasteiger partial charge in [-0.3, -0.25) is 0 Å². The second-order valence-corrected chi connectivity index (χ2v) is 7.19. The minimum Gasteiger partial charge on any atom is -0.496 e. The number of aryl methyl sites for hydroxylation is 1. The van der Waals surface area contributed by atoms with Crippen LogP contribution in [0.3, 0.4) is 0 Å². The van der Waals surface area contributed by atoms with Crippen molar-refractivity contribution in [1.82, 2.24) is 19.8 Å². The molecule has 0 aliphatic carbocycles. The number of aromatic nitrogens is 4. The van der Waals surface area contributed by atoms with Gasteiger partial charge in [0.2, 0.25) is 0 Å². The van der Waals surface area contributed by atoms with Gasteiger partial charge in [0.1, 0.15) is 17.3 Å². The van der Waals surface area contributed by atoms with Crippen LogP contribution in [0.5, 0.6) is 5.75 Å². The van der Waals surface area contributed by atoms with Gasteiger partial charge >= 0.3 is 0 Å². The van der Waals surface area contributed by atoms with Gasteiger partial charge in [0.15, 0.2) is 5.65 Å². The summed E-state index contributed by atoms with van der Waals surface area (Å²) in [5, 5.41) is 13.3. The zero-order chi connectivity index (χ0) is 20.5. The van der Waals surface area contributed by atoms with E-state index in [1.54, 1.807) is 11.6 Å². The normalized spacial score (nSPS) is 11.1. The van der Waals surface area contributed by atoms with Gasteiger partial charge in [-0.05, 0) is 31.2 Å². The lowest BCUT2D eigenvalue weighted by atomic mass is 10.1. The number of methoxy groups -OCH3 is 1. The number of fused-ring (bicyclic) bond motifs is 3. The SMILES string of the molecule is COc1ccccc1CNc1nc2c(-c3cccc(C)c3)nnn2c2ccccc12. The molecule has 0 amide bonds. The third-order valence-electron chi connectivity index (χ3n) is 5.18. The topological polar surface area (TPSA) is 64.3 Å². The molecule has 2 heterocycles. The molecular formula is C24H21N5O. The standard InChI is InChI=1S/C24H21N5O/c1-16-8-7-10-17(14-16)22-24-26-23(25-15-18-9-3-6-13-21(18)30-2)19-11-4-5-12-20(19)29(24)28-27-22/h3-14H,15H2,1-2H3,(H,25,26). The Kier molecular flexibility index (Phi) is 4.52. The Morgan fingerprint density at radius 3 is 2.67 bits per heavy atom. The second-order valence-electron chi connectivity index (χ2n) is 7.19. The third-order valence-corrected chi connectivity index (χ3v) is 5.18. The van der Waals surface area contributed by atoms with Crippen LogP contribution in [-0.2, 0) is 6.54 Å². The van der Waals surface area contributed by atoms with Crippen molar-refractivity contribution in [2.45, 2.75) is 13.5 Å². The van der Waals surface area contributed by atoms with Gasteiger partial charge in [-0.1, -0.05) is 59.3 Å². The van der Waals surface area contributed by atoms with Crippen LogP contribution in [0.4, 0.5) is 5.82 Å². The van der Waals surface area contributed by atoms with Gasteiger partial charge < -0.3 is 10.1 Å². The molecular weight excluding hydrogens is 374 g/mol. The molecule has 0 aliphatic heterocycles. The molecule has 2 aromatic heterocycles. The van der Waals surface area contributed by atoms with Gasteiger partial charge in [0.05, 0.1) is 12.6 Å². The average molecular weight is 395 g/mol. The van der Waals surface area contributed by atoms with E-state index in [1.807, 2.05) is 60.7 Å². The number of anilines is 1. The summed E-state index contributed by atoms with van der Waals surface area (Å²) in [7, 11) is 1.69. The van der Waals surface area contributed by atoms with Gasteiger partial charge in [-0.2, -0.15) is 4.52 Å². The summed E-state index contributed by atoms with van der Waals surface area (Å²) in [6.07, 6.45) is 0. The molecule has 0 fully saturated rings. The number of hydrogen-bond acceptors (Lipinski definition) is 5. The van der Waals surface area contributed by atoms with Crippen LogP contribution in [0.25, 0.3) is 27.8 Å². The molecule has 3 aromatic carbocycles. The molecule has 5 aromatic rings. The average Bonchev–Trinajstić information content (AvgIpc) is 3.22. The molecule has 0 bridgehead atoms. The molecule has 0 radical (unpaired) electrons. The number of nitrogens with one attached hydrogen (secondary N) is 1. The van der Waals surface area contributed by atoms with E-state index in [-0.39, 0.29) is 0 Å². The first-order valence-electron chi connectivity index (χ1n) is 9.81. The Morgan fingerprint density at radius 1 is 0.967 bits per heavy atom. The van der Waals surface area contributed by atoms with Gasteiger partial charge in [-0.15, -0.1) is 5.10 Å². The van der Waals surface area contributed by atoms with E-state index < -0.39 is 0 Å². The highest BCUT2D eigenvalue weighted by molar-refractivity contribution is 5.93. The van der Waals surface area contributed by atoms with Crippen LogP contribution < -0.4 is 10.1 Å². The first kappa shape index (κ1) is 18.1. The van der Waals surface area contributed by atoms with Crippen molar-refractivity contribution < 1.29 is 4.74 Å². The fourth-order valence-corrected chi connectivity index (χ4v) is 3.71. The number of ether oxygens (including phenoxy) is 1. The predicted molar refractivity (Wildman–Crippen MR) is 119 cm³/mol. The summed E-state index contributed by atoms with van der Waals surface area (Å²) in [5.74, 6) is 1.64. The minimum atomic E-state index is 0.596. The van der Waals surface area contributed by atoms with Crippen molar-refractivity contribution in [3.05, 3.63) is 83.9 Å². The zero-order valence-corrected chi connectivity index (χ0v) is 16.8. The molecule has 5 rings (SSSR count). The van der Waals surface area contributed by atoms with E-state index in [9.17, 15) is 0 Å². The lowest BCUT2D eigenvalue weighted by Gasteiger charge is -2.12. The van der Waals surface area contributed by atoms with E-state index >= 15 is 0 Å². The second kappa shape index (κ2) is 7.48. The maximum atomic E-state index is 5.48. The van der Waals surface area contributed by atoms with Crippen molar-refractivity contribution in [3.8, 4) is 17.0 Å². The lowest BCUT2D eigenvalue weighted by Crippen LogP contribution is -2.06. The fraction of sp³-hybridized carbons (Fsp3) is 0.125. The largest absolute Gasteiger partial charge is 0.496 e. The molecule has 6 nitrogen and oxygen atoms in total. The summed E-state index contributed by atoms with van der Waals surface area (Å²) in [6.45, 7) is 2.66. The highest BCUT2D eigenvalue weighted by Crippen LogP contribution is 2.29. The van der Waals surface area contributed by atoms with Gasteiger partial charge in [0, 0.05) is 23.1 Å². The first-order chi connectivity index (χ1) is 14.7. The Bertz CT molecular complexity index is 1360. The lowest BCUT2D eigenvalue weighted by molar-refractivity contribution is 0.410. The molecule has 0 saturated heterocycles. The Labute approximate surface area is 174 Å². The van der Waals surface area contributed by atoms with Crippen LogP contribution in [-0.4, -0.2) is 26.9 Å². The summed E-state index contributed by atoms with van der Waals surface area (Å²) in [4.78, 5) is 4.93. The maximum Gasteiger partial charge on any atom is 0.186 e. The van der Waals surface area contributed by atoms with Crippen molar-refractivity contribution in [3.63, 3.8) is 0 Å². The summed E-state index contributed by atoms with van der Waals surface area (Å²) >= 11 is 0. The molecule has 6 heteroatoms. The Hall–Kier alpha value is -3.93. The monoisotopic (exact) mass is 395 g/mol. The van der Waals surface area contributed by atoms with E-state index in [2.05, 4.69) is 34.7 Å². The van der Waals surface area contributed by atoms with E-state index in [0.29, 0.717) is 6.54 Å². The molecule has 0 spiro atoms. The van der Waals surface area contributed by atoms with Gasteiger partial charge in [0.25, 0.3) is 0 Å². The van der Waals surface area contributed by atoms with E-state index in [0.717, 1.165) is 44.9 Å². The first-order valence-corrected chi connectivity index (χ1v) is 9.81. The van der Waals surface area contributed by atoms with Crippen LogP contribution in [0.1, 0.15) is 11.1 Å². The van der Waals surface area contributed by atoms with Crippen molar-refractivity contribution in [2.75, 3.05) is 12.4 Å². The highest BCUT2D eigenvalue weighted by atomic mass is 16.5. The molecule has 30 heavy (non-hydrogen) atoms. The number of nitrogens with zero attached hydrogens (tertiary/aromatic N) is 4. The number of hydrogen-bond donors (Lipinski definition) is 1. The van der Waals surface area contributed by atoms with E-state index in [1.165, 1.54) is 5.56 Å². The quantitative estimate of drug-likeness (QED) is 0.460. The zero-order valence-electron chi connectivity index (χ0n) is 16.8. The highest BCUT2D eigenvalue weighted by Gasteiger charge is 2.16. The Morgan fingerprint density at radius 2 is 1.80 bits per heavy atom. The number of benzene rings is 3. The van der Waals surface area contributed by atoms with Gasteiger partial charge in [-0.25, -0.2) is 4.98 Å². The van der Waals surface area contributed by atoms with E-state index in [4.69, 9.17) is 9.72 Å². The fourth-order valence-electron chi connectivity index (χ4n) is 3.71. The minimum absolute atomic E-state index is 0.596. The third kappa shape index (κ3) is 3.12. The molecule has 148 valence electrons.